The molecule has 129 valence electrons. The van der Waals surface area contributed by atoms with Gasteiger partial charge in [0.15, 0.2) is 0 Å². The van der Waals surface area contributed by atoms with Crippen LogP contribution in [0.15, 0.2) is 18.2 Å². The molecule has 1 aromatic carbocycles. The minimum Gasteiger partial charge on any atom is -0.496 e. The topological polar surface area (TPSA) is 52.6 Å². The summed E-state index contributed by atoms with van der Waals surface area (Å²) in [5, 5.41) is 0. The highest BCUT2D eigenvalue weighted by molar-refractivity contribution is 7.64. The van der Waals surface area contributed by atoms with Crippen LogP contribution in [0.4, 0.5) is 0 Å². The summed E-state index contributed by atoms with van der Waals surface area (Å²) in [6.07, 6.45) is 2.21. The zero-order chi connectivity index (χ0) is 17.6. The molecule has 0 amide bonds. The van der Waals surface area contributed by atoms with Crippen molar-refractivity contribution in [3.63, 3.8) is 0 Å². The van der Waals surface area contributed by atoms with E-state index in [1.807, 2.05) is 0 Å². The van der Waals surface area contributed by atoms with Gasteiger partial charge in [0, 0.05) is 6.16 Å². The van der Waals surface area contributed by atoms with E-state index in [1.54, 1.807) is 18.2 Å². The second-order valence-corrected chi connectivity index (χ2v) is 8.71. The van der Waals surface area contributed by atoms with E-state index in [9.17, 15) is 9.36 Å². The Morgan fingerprint density at radius 1 is 1.17 bits per heavy atom. The number of carbonyl (C=O) groups excluding carboxylic acids is 1. The molecule has 0 saturated carbocycles. The molecular formula is C18H28O4P. The van der Waals surface area contributed by atoms with Gasteiger partial charge in [-0.2, -0.15) is 0 Å². The Labute approximate surface area is 140 Å². The first-order valence-electron chi connectivity index (χ1n) is 7.89. The zero-order valence-corrected chi connectivity index (χ0v) is 15.9. The molecule has 0 aromatic heterocycles. The minimum atomic E-state index is -1.98. The van der Waals surface area contributed by atoms with Crippen molar-refractivity contribution in [3.8, 4) is 11.5 Å². The molecule has 0 spiro atoms. The van der Waals surface area contributed by atoms with Gasteiger partial charge in [-0.1, -0.05) is 33.8 Å². The van der Waals surface area contributed by atoms with Crippen LogP contribution < -0.4 is 9.47 Å². The largest absolute Gasteiger partial charge is 0.496 e. The molecule has 23 heavy (non-hydrogen) atoms. The first kappa shape index (κ1) is 19.6. The molecule has 5 heteroatoms. The predicted molar refractivity (Wildman–Crippen MR) is 94.2 cm³/mol. The molecule has 0 aliphatic rings. The molecule has 1 radical (unpaired) electrons. The van der Waals surface area contributed by atoms with Crippen LogP contribution in [-0.2, 0) is 4.57 Å². The summed E-state index contributed by atoms with van der Waals surface area (Å²) >= 11 is 0. The molecule has 0 aliphatic heterocycles. The second-order valence-electron chi connectivity index (χ2n) is 7.10. The normalized spacial score (nSPS) is 13.4. The number of benzene rings is 1. The van der Waals surface area contributed by atoms with Crippen LogP contribution in [0.25, 0.3) is 0 Å². The van der Waals surface area contributed by atoms with E-state index in [1.165, 1.54) is 14.2 Å². The lowest BCUT2D eigenvalue weighted by Gasteiger charge is -2.22. The van der Waals surface area contributed by atoms with Crippen LogP contribution in [0.3, 0.4) is 0 Å². The van der Waals surface area contributed by atoms with Gasteiger partial charge in [0.25, 0.3) is 0 Å². The van der Waals surface area contributed by atoms with Crippen LogP contribution in [0, 0.1) is 11.3 Å². The third-order valence-electron chi connectivity index (χ3n) is 3.65. The average molecular weight is 339 g/mol. The van der Waals surface area contributed by atoms with Gasteiger partial charge in [-0.15, -0.1) is 0 Å². The number of methoxy groups -OCH3 is 2. The van der Waals surface area contributed by atoms with Crippen molar-refractivity contribution in [2.45, 2.75) is 40.5 Å². The van der Waals surface area contributed by atoms with Gasteiger partial charge in [0.1, 0.15) is 24.9 Å². The van der Waals surface area contributed by atoms with Crippen molar-refractivity contribution in [2.75, 3.05) is 20.4 Å². The highest BCUT2D eigenvalue weighted by atomic mass is 31.1. The van der Waals surface area contributed by atoms with E-state index in [-0.39, 0.29) is 11.0 Å². The summed E-state index contributed by atoms with van der Waals surface area (Å²) in [6.45, 7) is 8.71. The summed E-state index contributed by atoms with van der Waals surface area (Å²) in [4.78, 5) is 12.6. The van der Waals surface area contributed by atoms with E-state index in [4.69, 9.17) is 9.47 Å². The minimum absolute atomic E-state index is 0.237. The first-order valence-corrected chi connectivity index (χ1v) is 9.34. The zero-order valence-electron chi connectivity index (χ0n) is 15.0. The van der Waals surface area contributed by atoms with Crippen molar-refractivity contribution in [1.82, 2.24) is 0 Å². The van der Waals surface area contributed by atoms with E-state index in [0.717, 1.165) is 12.8 Å². The average Bonchev–Trinajstić information content (AvgIpc) is 2.49. The lowest BCUT2D eigenvalue weighted by atomic mass is 9.84. The molecule has 0 fully saturated rings. The van der Waals surface area contributed by atoms with Crippen molar-refractivity contribution < 1.29 is 18.8 Å². The smallest absolute Gasteiger partial charge is 0.249 e. The van der Waals surface area contributed by atoms with Crippen LogP contribution in [0.1, 0.15) is 50.9 Å². The van der Waals surface area contributed by atoms with Gasteiger partial charge < -0.3 is 9.47 Å². The Morgan fingerprint density at radius 3 is 2.13 bits per heavy atom. The summed E-state index contributed by atoms with van der Waals surface area (Å²) in [7, 11) is 0.995. The SMILES string of the molecule is COc1cccc(OC)c1C(=O)[P](=O)CCC(C)CC(C)(C)C. The molecule has 2 atom stereocenters. The highest BCUT2D eigenvalue weighted by Gasteiger charge is 2.25. The third-order valence-corrected chi connectivity index (χ3v) is 5.00. The maximum atomic E-state index is 12.6. The Morgan fingerprint density at radius 2 is 1.70 bits per heavy atom. The fourth-order valence-corrected chi connectivity index (χ4v) is 4.12. The molecule has 0 bridgehead atoms. The van der Waals surface area contributed by atoms with Crippen molar-refractivity contribution in [3.05, 3.63) is 23.8 Å². The molecule has 0 saturated heterocycles. The lowest BCUT2D eigenvalue weighted by molar-refractivity contribution is 0.107. The van der Waals surface area contributed by atoms with Crippen LogP contribution in [-0.4, -0.2) is 25.9 Å². The van der Waals surface area contributed by atoms with Gasteiger partial charge in [0.2, 0.25) is 5.52 Å². The third kappa shape index (κ3) is 5.95. The van der Waals surface area contributed by atoms with E-state index >= 15 is 0 Å². The Hall–Kier alpha value is -1.41. The van der Waals surface area contributed by atoms with Crippen LogP contribution >= 0.6 is 7.80 Å². The quantitative estimate of drug-likeness (QED) is 0.616. The molecule has 0 heterocycles. The van der Waals surface area contributed by atoms with Gasteiger partial charge >= 0.3 is 0 Å². The monoisotopic (exact) mass is 339 g/mol. The Kier molecular flexibility index (Phi) is 7.21. The number of rotatable bonds is 8. The van der Waals surface area contributed by atoms with Crippen molar-refractivity contribution >= 4 is 13.3 Å². The number of hydrogen-bond acceptors (Lipinski definition) is 4. The van der Waals surface area contributed by atoms with E-state index in [0.29, 0.717) is 23.6 Å². The molecule has 1 rings (SSSR count). The highest BCUT2D eigenvalue weighted by Crippen LogP contribution is 2.38. The maximum absolute atomic E-state index is 12.6. The molecular weight excluding hydrogens is 311 g/mol. The predicted octanol–water partition coefficient (Wildman–Crippen LogP) is 5.13. The summed E-state index contributed by atoms with van der Waals surface area (Å²) in [5.41, 5.74) is 0.125. The van der Waals surface area contributed by atoms with Crippen molar-refractivity contribution in [1.29, 1.82) is 0 Å². The summed E-state index contributed by atoms with van der Waals surface area (Å²) in [6, 6.07) is 5.11. The van der Waals surface area contributed by atoms with Gasteiger partial charge in [0.05, 0.1) is 14.2 Å². The lowest BCUT2D eigenvalue weighted by Crippen LogP contribution is -2.12. The Balaban J connectivity index is 2.80. The standard InChI is InChI=1S/C18H28O4P/c1-13(12-18(2,3)4)10-11-23(20)17(19)16-14(21-5)8-7-9-15(16)22-6/h7-9,13H,10-12H2,1-6H3. The molecule has 1 aromatic rings. The number of ether oxygens (including phenoxy) is 2. The molecule has 4 nitrogen and oxygen atoms in total. The number of hydrogen-bond donors (Lipinski definition) is 0. The summed E-state index contributed by atoms with van der Waals surface area (Å²) in [5.74, 6) is 1.24. The second kappa shape index (κ2) is 8.44. The van der Waals surface area contributed by atoms with E-state index in [2.05, 4.69) is 27.7 Å². The van der Waals surface area contributed by atoms with Gasteiger partial charge in [-0.05, 0) is 36.3 Å². The Bertz CT molecular complexity index is 538. The molecule has 2 unspecified atom stereocenters. The fourth-order valence-electron chi connectivity index (χ4n) is 2.77. The van der Waals surface area contributed by atoms with E-state index < -0.39 is 13.3 Å². The molecule has 0 N–H and O–H groups in total. The van der Waals surface area contributed by atoms with Crippen LogP contribution in [0.5, 0.6) is 11.5 Å². The van der Waals surface area contributed by atoms with Gasteiger partial charge in [-0.25, -0.2) is 0 Å². The van der Waals surface area contributed by atoms with Crippen LogP contribution in [0.2, 0.25) is 0 Å². The van der Waals surface area contributed by atoms with Gasteiger partial charge in [-0.3, -0.25) is 9.36 Å². The molecule has 0 aliphatic carbocycles. The fraction of sp³-hybridized carbons (Fsp3) is 0.611. The van der Waals surface area contributed by atoms with Crippen molar-refractivity contribution in [2.24, 2.45) is 11.3 Å². The number of carbonyl (C=O) groups is 1. The maximum Gasteiger partial charge on any atom is 0.249 e. The first-order chi connectivity index (χ1) is 10.7. The summed E-state index contributed by atoms with van der Waals surface area (Å²) < 4.78 is 22.9.